The number of fused-ring (bicyclic) bond motifs is 3. The quantitative estimate of drug-likeness (QED) is 0.469. The monoisotopic (exact) mass is 410 g/mol. The van der Waals surface area contributed by atoms with Crippen LogP contribution in [0, 0.1) is 0 Å². The van der Waals surface area contributed by atoms with Crippen LogP contribution in [0.5, 0.6) is 5.75 Å². The highest BCUT2D eigenvalue weighted by molar-refractivity contribution is 7.98. The second-order valence-electron chi connectivity index (χ2n) is 6.61. The van der Waals surface area contributed by atoms with Crippen LogP contribution in [-0.2, 0) is 5.75 Å². The summed E-state index contributed by atoms with van der Waals surface area (Å²) in [7, 11) is 0. The number of hydrogen-bond donors (Lipinski definition) is 1. The van der Waals surface area contributed by atoms with Crippen LogP contribution in [0.3, 0.4) is 0 Å². The molecule has 1 aliphatic rings. The van der Waals surface area contributed by atoms with Gasteiger partial charge in [-0.1, -0.05) is 44.0 Å². The first-order valence-electron chi connectivity index (χ1n) is 9.50. The Morgan fingerprint density at radius 3 is 2.96 bits per heavy atom. The maximum absolute atomic E-state index is 12.7. The molecule has 0 aliphatic carbocycles. The van der Waals surface area contributed by atoms with E-state index in [-0.39, 0.29) is 5.91 Å². The number of nitrogens with one attached hydrogen (secondary N) is 1. The van der Waals surface area contributed by atoms with Gasteiger partial charge < -0.3 is 4.74 Å². The summed E-state index contributed by atoms with van der Waals surface area (Å²) in [5.41, 5.74) is 2.71. The number of carbonyl (C=O) groups excluding carboxylic acids is 1. The van der Waals surface area contributed by atoms with Crippen molar-refractivity contribution in [2.75, 3.05) is 11.9 Å². The van der Waals surface area contributed by atoms with Crippen molar-refractivity contribution in [3.63, 3.8) is 0 Å². The van der Waals surface area contributed by atoms with Gasteiger partial charge in [-0.2, -0.15) is 0 Å². The van der Waals surface area contributed by atoms with Crippen molar-refractivity contribution in [3.8, 4) is 17.0 Å². The fourth-order valence-corrected chi connectivity index (χ4v) is 5.18. The van der Waals surface area contributed by atoms with Crippen LogP contribution >= 0.6 is 23.1 Å². The van der Waals surface area contributed by atoms with Crippen molar-refractivity contribution < 1.29 is 9.53 Å². The first-order chi connectivity index (χ1) is 13.7. The van der Waals surface area contributed by atoms with E-state index in [0.29, 0.717) is 17.3 Å². The molecule has 28 heavy (non-hydrogen) atoms. The third-order valence-corrected chi connectivity index (χ3v) is 6.79. The molecule has 2 aromatic carbocycles. The number of benzene rings is 2. The number of ether oxygens (including phenoxy) is 1. The van der Waals surface area contributed by atoms with Gasteiger partial charge >= 0.3 is 0 Å². The number of amides is 1. The molecule has 0 bridgehead atoms. The van der Waals surface area contributed by atoms with E-state index in [1.54, 1.807) is 23.5 Å². The summed E-state index contributed by atoms with van der Waals surface area (Å²) in [6, 6.07) is 15.6. The van der Waals surface area contributed by atoms with Crippen LogP contribution in [0.25, 0.3) is 11.3 Å². The Labute approximate surface area is 173 Å². The van der Waals surface area contributed by atoms with E-state index < -0.39 is 0 Å². The minimum atomic E-state index is -0.161. The van der Waals surface area contributed by atoms with Crippen molar-refractivity contribution in [2.24, 2.45) is 0 Å². The zero-order chi connectivity index (χ0) is 19.3. The highest BCUT2D eigenvalue weighted by Gasteiger charge is 2.22. The summed E-state index contributed by atoms with van der Waals surface area (Å²) in [4.78, 5) is 19.8. The maximum Gasteiger partial charge on any atom is 0.257 e. The van der Waals surface area contributed by atoms with Crippen molar-refractivity contribution in [1.82, 2.24) is 4.98 Å². The Bertz CT molecular complexity index is 984. The predicted molar refractivity (Wildman–Crippen MR) is 117 cm³/mol. The number of nitrogens with zero attached hydrogens (tertiary/aromatic N) is 1. The van der Waals surface area contributed by atoms with Crippen molar-refractivity contribution in [3.05, 3.63) is 59.0 Å². The van der Waals surface area contributed by atoms with E-state index in [4.69, 9.17) is 9.72 Å². The Hall–Kier alpha value is -2.31. The van der Waals surface area contributed by atoms with E-state index >= 15 is 0 Å². The molecule has 0 radical (unpaired) electrons. The molecule has 0 saturated heterocycles. The number of thioether (sulfide) groups is 1. The number of hydrogen-bond acceptors (Lipinski definition) is 5. The smallest absolute Gasteiger partial charge is 0.257 e. The second-order valence-corrected chi connectivity index (χ2v) is 8.71. The number of rotatable bonds is 7. The predicted octanol–water partition coefficient (Wildman–Crippen LogP) is 6.24. The largest absolute Gasteiger partial charge is 0.494 e. The molecule has 1 aromatic heterocycles. The molecule has 1 aliphatic heterocycles. The van der Waals surface area contributed by atoms with E-state index in [1.807, 2.05) is 36.0 Å². The standard InChI is InChI=1S/C22H22N2O2S2/c1-2-3-6-12-26-16-9-7-8-15(13-16)21(25)24-22-23-20-17-10-4-5-11-18(17)27-14-19(20)28-22/h4-5,7-11,13H,2-3,6,12,14H2,1H3,(H,23,24,25). The number of thiazole rings is 1. The average Bonchev–Trinajstić information content (AvgIpc) is 3.14. The Morgan fingerprint density at radius 1 is 1.18 bits per heavy atom. The third kappa shape index (κ3) is 4.23. The Balaban J connectivity index is 1.46. The fourth-order valence-electron chi connectivity index (χ4n) is 3.08. The van der Waals surface area contributed by atoms with E-state index in [1.165, 1.54) is 9.77 Å². The van der Waals surface area contributed by atoms with Crippen LogP contribution < -0.4 is 10.1 Å². The topological polar surface area (TPSA) is 51.2 Å². The van der Waals surface area contributed by atoms with Crippen LogP contribution in [0.2, 0.25) is 0 Å². The molecule has 0 spiro atoms. The van der Waals surface area contributed by atoms with Gasteiger partial charge in [0.2, 0.25) is 0 Å². The molecule has 0 atom stereocenters. The second kappa shape index (κ2) is 8.80. The summed E-state index contributed by atoms with van der Waals surface area (Å²) in [6.07, 6.45) is 3.33. The molecule has 0 fully saturated rings. The van der Waals surface area contributed by atoms with Crippen LogP contribution in [0.1, 0.15) is 41.4 Å². The lowest BCUT2D eigenvalue weighted by molar-refractivity contribution is 0.102. The maximum atomic E-state index is 12.7. The fraction of sp³-hybridized carbons (Fsp3) is 0.273. The van der Waals surface area contributed by atoms with Gasteiger partial charge in [0.25, 0.3) is 5.91 Å². The molecule has 1 N–H and O–H groups in total. The third-order valence-electron chi connectivity index (χ3n) is 4.53. The Morgan fingerprint density at radius 2 is 2.07 bits per heavy atom. The molecule has 0 unspecified atom stereocenters. The van der Waals surface area contributed by atoms with Gasteiger partial charge in [0.05, 0.1) is 12.3 Å². The minimum Gasteiger partial charge on any atom is -0.494 e. The molecule has 0 saturated carbocycles. The highest BCUT2D eigenvalue weighted by Crippen LogP contribution is 2.44. The molecule has 6 heteroatoms. The molecule has 3 aromatic rings. The first-order valence-corrected chi connectivity index (χ1v) is 11.3. The zero-order valence-corrected chi connectivity index (χ0v) is 17.4. The summed E-state index contributed by atoms with van der Waals surface area (Å²) in [5, 5.41) is 3.59. The average molecular weight is 411 g/mol. The summed E-state index contributed by atoms with van der Waals surface area (Å²) >= 11 is 3.36. The van der Waals surface area contributed by atoms with Gasteiger partial charge in [0.15, 0.2) is 5.13 Å². The van der Waals surface area contributed by atoms with Crippen LogP contribution in [-0.4, -0.2) is 17.5 Å². The number of carbonyl (C=O) groups is 1. The zero-order valence-electron chi connectivity index (χ0n) is 15.7. The molecular weight excluding hydrogens is 388 g/mol. The van der Waals surface area contributed by atoms with Gasteiger partial charge in [-0.25, -0.2) is 4.98 Å². The van der Waals surface area contributed by atoms with Gasteiger partial charge in [0, 0.05) is 26.7 Å². The van der Waals surface area contributed by atoms with Gasteiger partial charge in [-0.05, 0) is 30.7 Å². The number of unbranched alkanes of at least 4 members (excludes halogenated alkanes) is 2. The van der Waals surface area contributed by atoms with E-state index in [9.17, 15) is 4.79 Å². The van der Waals surface area contributed by atoms with Crippen molar-refractivity contribution in [1.29, 1.82) is 0 Å². The molecule has 4 rings (SSSR count). The molecular formula is C22H22N2O2S2. The SMILES string of the molecule is CCCCCOc1cccc(C(=O)Nc2nc3c(s2)CSc2ccccc2-3)c1. The van der Waals surface area contributed by atoms with Gasteiger partial charge in [0.1, 0.15) is 5.75 Å². The molecule has 4 nitrogen and oxygen atoms in total. The van der Waals surface area contributed by atoms with E-state index in [2.05, 4.69) is 24.4 Å². The van der Waals surface area contributed by atoms with Crippen molar-refractivity contribution >= 4 is 34.1 Å². The molecule has 144 valence electrons. The van der Waals surface area contributed by atoms with Crippen molar-refractivity contribution in [2.45, 2.75) is 36.8 Å². The summed E-state index contributed by atoms with van der Waals surface area (Å²) in [5.74, 6) is 1.46. The highest BCUT2D eigenvalue weighted by atomic mass is 32.2. The number of aromatic nitrogens is 1. The van der Waals surface area contributed by atoms with Gasteiger partial charge in [-0.15, -0.1) is 23.1 Å². The normalized spacial score (nSPS) is 12.2. The van der Waals surface area contributed by atoms with Gasteiger partial charge in [-0.3, -0.25) is 10.1 Å². The number of anilines is 1. The summed E-state index contributed by atoms with van der Waals surface area (Å²) < 4.78 is 5.76. The van der Waals surface area contributed by atoms with Crippen LogP contribution in [0.4, 0.5) is 5.13 Å². The summed E-state index contributed by atoms with van der Waals surface area (Å²) in [6.45, 7) is 2.84. The lowest BCUT2D eigenvalue weighted by Gasteiger charge is -2.13. The lowest BCUT2D eigenvalue weighted by atomic mass is 10.1. The lowest BCUT2D eigenvalue weighted by Crippen LogP contribution is -2.12. The molecule has 2 heterocycles. The van der Waals surface area contributed by atoms with Crippen LogP contribution in [0.15, 0.2) is 53.4 Å². The van der Waals surface area contributed by atoms with E-state index in [0.717, 1.165) is 42.0 Å². The Kier molecular flexibility index (Phi) is 5.98. The first kappa shape index (κ1) is 19.0. The molecule has 1 amide bonds. The minimum absolute atomic E-state index is 0.161.